The van der Waals surface area contributed by atoms with E-state index in [1.807, 2.05) is 49.4 Å². The summed E-state index contributed by atoms with van der Waals surface area (Å²) in [6, 6.07) is 9.91. The molecule has 0 saturated heterocycles. The molecule has 0 aliphatic carbocycles. The van der Waals surface area contributed by atoms with Gasteiger partial charge in [-0.15, -0.1) is 5.10 Å². The minimum atomic E-state index is -0.250. The lowest BCUT2D eigenvalue weighted by Gasteiger charge is -2.11. The summed E-state index contributed by atoms with van der Waals surface area (Å²) in [5.74, 6) is -0.250. The summed E-state index contributed by atoms with van der Waals surface area (Å²) in [6.07, 6.45) is 11.2. The van der Waals surface area contributed by atoms with Crippen LogP contribution < -0.4 is 5.32 Å². The molecule has 1 N–H and O–H groups in total. The van der Waals surface area contributed by atoms with Gasteiger partial charge in [-0.2, -0.15) is 0 Å². The largest absolute Gasteiger partial charge is 0.348 e. The highest BCUT2D eigenvalue weighted by Crippen LogP contribution is 2.02. The number of hydrogen-bond acceptors (Lipinski definition) is 5. The van der Waals surface area contributed by atoms with E-state index < -0.39 is 0 Å². The van der Waals surface area contributed by atoms with Crippen LogP contribution in [0.2, 0.25) is 0 Å². The number of nitrogens with zero attached hydrogens (tertiary/aromatic N) is 5. The van der Waals surface area contributed by atoms with E-state index >= 15 is 0 Å². The van der Waals surface area contributed by atoms with Crippen molar-refractivity contribution in [2.75, 3.05) is 0 Å². The predicted molar refractivity (Wildman–Crippen MR) is 98.2 cm³/mol. The van der Waals surface area contributed by atoms with Crippen LogP contribution in [0.5, 0.6) is 0 Å². The van der Waals surface area contributed by atoms with Crippen LogP contribution in [-0.2, 0) is 13.0 Å². The fourth-order valence-electron chi connectivity index (χ4n) is 2.45. The Morgan fingerprint density at radius 3 is 2.88 bits per heavy atom. The average molecular weight is 348 g/mol. The van der Waals surface area contributed by atoms with E-state index in [9.17, 15) is 4.79 Å². The molecule has 132 valence electrons. The van der Waals surface area contributed by atoms with Crippen LogP contribution in [0.1, 0.15) is 28.7 Å². The maximum atomic E-state index is 12.3. The first kappa shape index (κ1) is 17.5. The van der Waals surface area contributed by atoms with Crippen LogP contribution in [0.15, 0.2) is 61.2 Å². The second-order valence-corrected chi connectivity index (χ2v) is 5.91. The van der Waals surface area contributed by atoms with Crippen molar-refractivity contribution in [1.82, 2.24) is 30.3 Å². The molecular formula is C19H20N6O. The molecule has 2 aromatic heterocycles. The highest BCUT2D eigenvalue weighted by atomic mass is 16.2. The second kappa shape index (κ2) is 8.66. The number of rotatable bonds is 7. The molecule has 3 rings (SSSR count). The summed E-state index contributed by atoms with van der Waals surface area (Å²) >= 11 is 0. The first-order valence-corrected chi connectivity index (χ1v) is 8.38. The Bertz CT molecular complexity index is 860. The molecule has 0 aliphatic rings. The number of amides is 1. The number of allylic oxidation sites excluding steroid dienone is 1. The first-order valence-electron chi connectivity index (χ1n) is 8.38. The minimum absolute atomic E-state index is 0.0812. The van der Waals surface area contributed by atoms with Crippen LogP contribution >= 0.6 is 0 Å². The molecule has 3 aromatic rings. The van der Waals surface area contributed by atoms with Gasteiger partial charge in [0, 0.05) is 31.1 Å². The lowest BCUT2D eigenvalue weighted by Crippen LogP contribution is -2.34. The molecule has 1 aromatic carbocycles. The van der Waals surface area contributed by atoms with Crippen LogP contribution in [-0.4, -0.2) is 36.9 Å². The van der Waals surface area contributed by atoms with E-state index in [1.54, 1.807) is 29.5 Å². The molecule has 0 spiro atoms. The lowest BCUT2D eigenvalue weighted by atomic mass is 10.2. The minimum Gasteiger partial charge on any atom is -0.348 e. The second-order valence-electron chi connectivity index (χ2n) is 5.91. The summed E-state index contributed by atoms with van der Waals surface area (Å²) in [7, 11) is 0. The summed E-state index contributed by atoms with van der Waals surface area (Å²) < 4.78 is 1.63. The standard InChI is InChI=1S/C19H20N6O/c1-15(12-17-13-20-9-10-21-17)22-19(26)18-14-25(24-23-18)11-5-8-16-6-3-2-4-7-16/h2-10,13-15H,11-12H2,1H3,(H,22,26)/b8-5+/t15-/m0/s1. The Morgan fingerprint density at radius 1 is 1.27 bits per heavy atom. The van der Waals surface area contributed by atoms with E-state index in [4.69, 9.17) is 0 Å². The normalized spacial score (nSPS) is 12.2. The molecule has 0 bridgehead atoms. The fourth-order valence-corrected chi connectivity index (χ4v) is 2.45. The summed E-state index contributed by atoms with van der Waals surface area (Å²) in [5.41, 5.74) is 2.24. The molecule has 0 unspecified atom stereocenters. The Kier molecular flexibility index (Phi) is 5.82. The SMILES string of the molecule is C[C@@H](Cc1cnccn1)NC(=O)c1cn(C/C=C/c2ccccc2)nn1. The van der Waals surface area contributed by atoms with Crippen molar-refractivity contribution in [3.63, 3.8) is 0 Å². The van der Waals surface area contributed by atoms with Gasteiger partial charge in [0.25, 0.3) is 5.91 Å². The number of benzene rings is 1. The average Bonchev–Trinajstić information content (AvgIpc) is 3.12. The maximum Gasteiger partial charge on any atom is 0.273 e. The highest BCUT2D eigenvalue weighted by Gasteiger charge is 2.14. The van der Waals surface area contributed by atoms with Gasteiger partial charge in [0.1, 0.15) is 0 Å². The molecular weight excluding hydrogens is 328 g/mol. The third-order valence-electron chi connectivity index (χ3n) is 3.68. The molecule has 1 atom stereocenters. The summed E-state index contributed by atoms with van der Waals surface area (Å²) in [4.78, 5) is 20.5. The monoisotopic (exact) mass is 348 g/mol. The highest BCUT2D eigenvalue weighted by molar-refractivity contribution is 5.92. The van der Waals surface area contributed by atoms with Crippen molar-refractivity contribution in [2.45, 2.75) is 25.9 Å². The van der Waals surface area contributed by atoms with E-state index in [2.05, 4.69) is 25.6 Å². The Morgan fingerprint density at radius 2 is 2.12 bits per heavy atom. The molecule has 1 amide bonds. The van der Waals surface area contributed by atoms with Gasteiger partial charge in [-0.3, -0.25) is 14.8 Å². The first-order chi connectivity index (χ1) is 12.7. The molecule has 2 heterocycles. The molecule has 0 radical (unpaired) electrons. The maximum absolute atomic E-state index is 12.3. The van der Waals surface area contributed by atoms with Gasteiger partial charge < -0.3 is 5.32 Å². The van der Waals surface area contributed by atoms with Gasteiger partial charge in [-0.05, 0) is 12.5 Å². The van der Waals surface area contributed by atoms with Crippen molar-refractivity contribution in [1.29, 1.82) is 0 Å². The van der Waals surface area contributed by atoms with Crippen molar-refractivity contribution in [3.05, 3.63) is 78.1 Å². The van der Waals surface area contributed by atoms with E-state index in [-0.39, 0.29) is 11.9 Å². The van der Waals surface area contributed by atoms with Gasteiger partial charge in [0.15, 0.2) is 5.69 Å². The quantitative estimate of drug-likeness (QED) is 0.707. The van der Waals surface area contributed by atoms with Crippen molar-refractivity contribution < 1.29 is 4.79 Å². The van der Waals surface area contributed by atoms with Crippen LogP contribution in [0.4, 0.5) is 0 Å². The van der Waals surface area contributed by atoms with Gasteiger partial charge in [-0.1, -0.05) is 47.7 Å². The summed E-state index contributed by atoms with van der Waals surface area (Å²) in [5, 5.41) is 10.8. The molecule has 7 heteroatoms. The zero-order valence-electron chi connectivity index (χ0n) is 14.5. The van der Waals surface area contributed by atoms with Gasteiger partial charge >= 0.3 is 0 Å². The number of aromatic nitrogens is 5. The molecule has 0 aliphatic heterocycles. The van der Waals surface area contributed by atoms with Gasteiger partial charge in [0.2, 0.25) is 0 Å². The Balaban J connectivity index is 1.52. The van der Waals surface area contributed by atoms with E-state index in [1.165, 1.54) is 0 Å². The lowest BCUT2D eigenvalue weighted by molar-refractivity contribution is 0.0935. The number of carbonyl (C=O) groups is 1. The molecule has 7 nitrogen and oxygen atoms in total. The third kappa shape index (κ3) is 5.07. The fraction of sp³-hybridized carbons (Fsp3) is 0.211. The molecule has 26 heavy (non-hydrogen) atoms. The zero-order valence-corrected chi connectivity index (χ0v) is 14.5. The zero-order chi connectivity index (χ0) is 18.2. The van der Waals surface area contributed by atoms with Gasteiger partial charge in [-0.25, -0.2) is 4.68 Å². The van der Waals surface area contributed by atoms with Crippen LogP contribution in [0.25, 0.3) is 6.08 Å². The van der Waals surface area contributed by atoms with Crippen LogP contribution in [0.3, 0.4) is 0 Å². The number of hydrogen-bond donors (Lipinski definition) is 1. The number of nitrogens with one attached hydrogen (secondary N) is 1. The Hall–Kier alpha value is -3.35. The molecule has 0 saturated carbocycles. The summed E-state index contributed by atoms with van der Waals surface area (Å²) in [6.45, 7) is 2.46. The van der Waals surface area contributed by atoms with E-state index in [0.717, 1.165) is 11.3 Å². The van der Waals surface area contributed by atoms with E-state index in [0.29, 0.717) is 18.7 Å². The van der Waals surface area contributed by atoms with Crippen LogP contribution in [0, 0.1) is 0 Å². The van der Waals surface area contributed by atoms with Crippen molar-refractivity contribution >= 4 is 12.0 Å². The predicted octanol–water partition coefficient (Wildman–Crippen LogP) is 2.14. The van der Waals surface area contributed by atoms with Crippen molar-refractivity contribution in [3.8, 4) is 0 Å². The topological polar surface area (TPSA) is 85.6 Å². The molecule has 0 fully saturated rings. The third-order valence-corrected chi connectivity index (χ3v) is 3.68. The van der Waals surface area contributed by atoms with Gasteiger partial charge in [0.05, 0.1) is 18.4 Å². The Labute approximate surface area is 151 Å². The van der Waals surface area contributed by atoms with Crippen molar-refractivity contribution in [2.24, 2.45) is 0 Å². The number of carbonyl (C=O) groups excluding carboxylic acids is 1. The smallest absolute Gasteiger partial charge is 0.273 e.